The maximum atomic E-state index is 7.00. The molecule has 0 radical (unpaired) electrons. The molecule has 0 aliphatic carbocycles. The van der Waals surface area contributed by atoms with Gasteiger partial charge in [0.05, 0.1) is 0 Å². The van der Waals surface area contributed by atoms with E-state index in [1.54, 1.807) is 0 Å². The minimum Gasteiger partial charge on any atom is 0 e. The molecule has 0 fully saturated rings. The molecule has 2 nitrogen and oxygen atoms in total. The summed E-state index contributed by atoms with van der Waals surface area (Å²) in [5.41, 5.74) is 0. The van der Waals surface area contributed by atoms with Gasteiger partial charge in [-0.3, -0.25) is 0 Å². The van der Waals surface area contributed by atoms with Crippen molar-refractivity contribution in [1.82, 2.24) is 0 Å². The van der Waals surface area contributed by atoms with Crippen LogP contribution in [0.25, 0.3) is 0 Å². The van der Waals surface area contributed by atoms with E-state index < -0.39 is 0 Å². The predicted octanol–water partition coefficient (Wildman–Crippen LogP) is -2.30. The van der Waals surface area contributed by atoms with Crippen LogP contribution in [0.5, 0.6) is 0 Å². The van der Waals surface area contributed by atoms with Crippen molar-refractivity contribution in [2.24, 2.45) is 0 Å². The van der Waals surface area contributed by atoms with Crippen LogP contribution in [0.15, 0.2) is 0 Å². The van der Waals surface area contributed by atoms with E-state index in [0.717, 1.165) is 0 Å². The first-order valence-electron chi connectivity index (χ1n) is 0.167. The fraction of sp³-hybridized carbons (Fsp3) is 0. The summed E-state index contributed by atoms with van der Waals surface area (Å²) in [4.78, 5) is 14.0. The van der Waals surface area contributed by atoms with E-state index >= 15 is 0 Å². The second kappa shape index (κ2) is 42.8. The van der Waals surface area contributed by atoms with E-state index in [2.05, 4.69) is 0 Å². The number of hydrogen-bond donors (Lipinski definition) is 0. The Bertz CT molecular complexity index is 9.61. The number of rotatable bonds is 0. The average molecular weight is 288 g/mol. The summed E-state index contributed by atoms with van der Waals surface area (Å²) < 4.78 is 0. The Labute approximate surface area is 74.3 Å². The van der Waals surface area contributed by atoms with Crippen LogP contribution in [-0.4, -0.2) is 45.6 Å². The van der Waals surface area contributed by atoms with Gasteiger partial charge in [-0.05, 0) is 0 Å². The van der Waals surface area contributed by atoms with Crippen LogP contribution in [0.2, 0.25) is 0 Å². The molecule has 0 N–H and O–H groups in total. The van der Waals surface area contributed by atoms with Crippen molar-refractivity contribution < 1.29 is 19.5 Å². The van der Waals surface area contributed by atoms with Crippen LogP contribution >= 0.6 is 0 Å². The molecule has 0 atom stereocenters. The van der Waals surface area contributed by atoms with E-state index in [1.165, 1.54) is 0 Å². The molecule has 0 aromatic carbocycles. The summed E-state index contributed by atoms with van der Waals surface area (Å²) in [6.45, 7) is 0. The van der Waals surface area contributed by atoms with Crippen LogP contribution in [0.4, 0.5) is 0 Å². The van der Waals surface area contributed by atoms with Crippen molar-refractivity contribution in [3.63, 3.8) is 0 Å². The van der Waals surface area contributed by atoms with Crippen molar-refractivity contribution in [3.05, 3.63) is 9.93 Å². The minimum atomic E-state index is 0. The van der Waals surface area contributed by atoms with Gasteiger partial charge in [0.2, 0.25) is 0 Å². The Kier molecular flexibility index (Phi) is 254. The van der Waals surface area contributed by atoms with E-state index in [9.17, 15) is 0 Å². The second-order valence-corrected chi connectivity index (χ2v) is 0. The monoisotopic (exact) mass is 286 g/mol. The van der Waals surface area contributed by atoms with Crippen LogP contribution in [0.3, 0.4) is 0 Å². The quantitative estimate of drug-likeness (QED) is 0.470. The molecule has 0 aliphatic heterocycles. The van der Waals surface area contributed by atoms with Crippen molar-refractivity contribution in [1.29, 1.82) is 0 Å². The third kappa shape index (κ3) is 26.6. The van der Waals surface area contributed by atoms with E-state index in [-0.39, 0.29) is 65.1 Å². The summed E-state index contributed by atoms with van der Waals surface area (Å²) in [6, 6.07) is 0. The van der Waals surface area contributed by atoms with Gasteiger partial charge < -0.3 is 0 Å². The topological polar surface area (TPSA) is 34.1 Å². The average Bonchev–Trinajstić information content (AvgIpc) is 1.00. The van der Waals surface area contributed by atoms with Crippen molar-refractivity contribution >= 4 is 45.6 Å². The van der Waals surface area contributed by atoms with Gasteiger partial charge in [0.25, 0.3) is 0 Å². The van der Waals surface area contributed by atoms with Gasteiger partial charge >= 0.3 is 45.6 Å². The summed E-state index contributed by atoms with van der Waals surface area (Å²) in [5, 5.41) is 0. The van der Waals surface area contributed by atoms with Gasteiger partial charge in [-0.1, -0.05) is 0 Å². The van der Waals surface area contributed by atoms with Crippen molar-refractivity contribution in [2.45, 2.75) is 0 Å². The fourth-order valence-corrected chi connectivity index (χ4v) is 0. The maximum Gasteiger partial charge on any atom is 0 e. The molecule has 0 bridgehead atoms. The zero-order valence-corrected chi connectivity index (χ0v) is 4.49. The van der Waals surface area contributed by atoms with Crippen LogP contribution < -0.4 is 0 Å². The molecule has 0 aromatic rings. The van der Waals surface area contributed by atoms with Crippen LogP contribution in [-0.2, 0) is 19.5 Å². The molecular weight excluding hydrogens is 282 g/mol. The Morgan fingerprint density at radius 2 is 1.00 bits per heavy atom. The SMILES string of the molecule is O=O.[GaH3].[InH3].[Zn]. The summed E-state index contributed by atoms with van der Waals surface area (Å²) in [6.07, 6.45) is 0. The maximum absolute atomic E-state index is 7.00. The minimum absolute atomic E-state index is 0. The van der Waals surface area contributed by atoms with Crippen LogP contribution in [0, 0.1) is 9.93 Å². The van der Waals surface area contributed by atoms with Crippen molar-refractivity contribution in [3.8, 4) is 0 Å². The smallest absolute Gasteiger partial charge is 0 e. The Morgan fingerprint density at radius 1 is 1.00 bits per heavy atom. The summed E-state index contributed by atoms with van der Waals surface area (Å²) in [7, 11) is 0. The molecule has 0 unspecified atom stereocenters. The molecule has 0 saturated carbocycles. The molecule has 0 amide bonds. The Hall–Kier alpha value is 1.73. The molecule has 0 aromatic heterocycles. The van der Waals surface area contributed by atoms with E-state index in [4.69, 9.17) is 9.93 Å². The van der Waals surface area contributed by atoms with Gasteiger partial charge in [-0.15, -0.1) is 0 Å². The van der Waals surface area contributed by atoms with Gasteiger partial charge in [0.15, 0.2) is 0 Å². The Morgan fingerprint density at radius 3 is 1.00 bits per heavy atom. The molecular formula is H6GaInO2Zn. The zero-order chi connectivity index (χ0) is 2.00. The molecule has 26 valence electrons. The molecule has 0 saturated heterocycles. The Balaban J connectivity index is -0.00000000167. The summed E-state index contributed by atoms with van der Waals surface area (Å²) >= 11 is 0. The second-order valence-electron chi connectivity index (χ2n) is 0. The van der Waals surface area contributed by atoms with Gasteiger partial charge in [-0.2, -0.15) is 0 Å². The first-order valence-corrected chi connectivity index (χ1v) is 0.167. The third-order valence-electron chi connectivity index (χ3n) is 0. The fourth-order valence-electron chi connectivity index (χ4n) is 0. The standard InChI is InChI=1S/Ga.In.O2.Zn.6H/c;;1-2;;;;;;;. The zero-order valence-electron chi connectivity index (χ0n) is 1.52. The summed E-state index contributed by atoms with van der Waals surface area (Å²) in [5.74, 6) is 0. The predicted molar refractivity (Wildman–Crippen MR) is 26.6 cm³/mol. The van der Waals surface area contributed by atoms with Gasteiger partial charge in [-0.25, -0.2) is 0 Å². The first-order chi connectivity index (χ1) is 1.00. The first kappa shape index (κ1) is 29.6. The van der Waals surface area contributed by atoms with Crippen LogP contribution in [0.1, 0.15) is 0 Å². The van der Waals surface area contributed by atoms with Gasteiger partial charge in [0, 0.05) is 29.4 Å². The normalized spacial score (nSPS) is 0.800. The molecule has 5 heavy (non-hydrogen) atoms. The molecule has 0 rings (SSSR count). The van der Waals surface area contributed by atoms with E-state index in [1.807, 2.05) is 0 Å². The van der Waals surface area contributed by atoms with Crippen molar-refractivity contribution in [2.75, 3.05) is 0 Å². The molecule has 5 heteroatoms. The van der Waals surface area contributed by atoms with E-state index in [0.29, 0.717) is 0 Å². The molecule has 0 heterocycles. The largest absolute Gasteiger partial charge is 0 e. The molecule has 0 aliphatic rings. The molecule has 0 spiro atoms. The van der Waals surface area contributed by atoms with Gasteiger partial charge in [0.1, 0.15) is 0 Å². The number of hydrogen-bond acceptors (Lipinski definition) is 2. The third-order valence-corrected chi connectivity index (χ3v) is 0.